The number of nitrogens with one attached hydrogen (secondary N) is 1. The summed E-state index contributed by atoms with van der Waals surface area (Å²) in [5.74, 6) is 1.88. The molecule has 3 heterocycles. The number of piperazine rings is 1. The Labute approximate surface area is 177 Å². The van der Waals surface area contributed by atoms with Crippen LogP contribution in [0.5, 0.6) is 5.75 Å². The van der Waals surface area contributed by atoms with E-state index in [4.69, 9.17) is 26.8 Å². The van der Waals surface area contributed by atoms with E-state index in [1.165, 1.54) is 10.6 Å². The molecule has 158 valence electrons. The van der Waals surface area contributed by atoms with Gasteiger partial charge in [0.25, 0.3) is 0 Å². The lowest BCUT2D eigenvalue weighted by Gasteiger charge is -2.33. The zero-order valence-electron chi connectivity index (χ0n) is 17.3. The van der Waals surface area contributed by atoms with Crippen LogP contribution in [-0.4, -0.2) is 73.9 Å². The van der Waals surface area contributed by atoms with Gasteiger partial charge in [0.2, 0.25) is 10.7 Å². The summed E-state index contributed by atoms with van der Waals surface area (Å²) >= 11 is 5.74. The smallest absolute Gasteiger partial charge is 0.226 e. The number of hydrogen-bond acceptors (Lipinski definition) is 6. The molecule has 9 heteroatoms. The van der Waals surface area contributed by atoms with Gasteiger partial charge in [0.15, 0.2) is 6.67 Å². The number of nitrogens with zero attached hydrogens (tertiary/aromatic N) is 5. The summed E-state index contributed by atoms with van der Waals surface area (Å²) < 4.78 is 15.7. The third-order valence-corrected chi connectivity index (χ3v) is 6.23. The fraction of sp³-hybridized carbons (Fsp3) is 0.600. The van der Waals surface area contributed by atoms with E-state index in [1.54, 1.807) is 7.11 Å². The largest absolute Gasteiger partial charge is 0.497 e. The third kappa shape index (κ3) is 4.41. The van der Waals surface area contributed by atoms with Crippen LogP contribution < -0.4 is 19.4 Å². The SMILES string of the molecule is CCn1c(N2CCOCC2)nn(C[NH+]2CCN(c3ccc(OC)cc3)CC2)c1=S. The summed E-state index contributed by atoms with van der Waals surface area (Å²) in [4.78, 5) is 6.24. The predicted molar refractivity (Wildman–Crippen MR) is 116 cm³/mol. The molecule has 0 spiro atoms. The highest BCUT2D eigenvalue weighted by molar-refractivity contribution is 7.71. The number of morpholine rings is 1. The van der Waals surface area contributed by atoms with Crippen molar-refractivity contribution in [3.8, 4) is 5.75 Å². The normalized spacial score (nSPS) is 18.3. The van der Waals surface area contributed by atoms with Crippen molar-refractivity contribution in [2.75, 3.05) is 69.4 Å². The molecule has 29 heavy (non-hydrogen) atoms. The first-order valence-corrected chi connectivity index (χ1v) is 10.8. The van der Waals surface area contributed by atoms with Crippen molar-refractivity contribution in [3.63, 3.8) is 0 Å². The van der Waals surface area contributed by atoms with Crippen LogP contribution in [-0.2, 0) is 18.0 Å². The fourth-order valence-electron chi connectivity index (χ4n) is 4.05. The Balaban J connectivity index is 1.40. The molecule has 0 bridgehead atoms. The van der Waals surface area contributed by atoms with Crippen LogP contribution in [0, 0.1) is 4.77 Å². The summed E-state index contributed by atoms with van der Waals surface area (Å²) in [6.45, 7) is 11.2. The Morgan fingerprint density at radius 1 is 1.07 bits per heavy atom. The van der Waals surface area contributed by atoms with Gasteiger partial charge in [-0.3, -0.25) is 4.57 Å². The Bertz CT molecular complexity index is 851. The Morgan fingerprint density at radius 3 is 2.38 bits per heavy atom. The number of aromatic nitrogens is 3. The molecular weight excluding hydrogens is 388 g/mol. The second-order valence-corrected chi connectivity index (χ2v) is 7.88. The average molecular weight is 420 g/mol. The first kappa shape index (κ1) is 20.2. The summed E-state index contributed by atoms with van der Waals surface area (Å²) in [5.41, 5.74) is 1.26. The molecule has 4 rings (SSSR count). The second kappa shape index (κ2) is 9.15. The maximum Gasteiger partial charge on any atom is 0.226 e. The lowest BCUT2D eigenvalue weighted by Crippen LogP contribution is -3.14. The van der Waals surface area contributed by atoms with Crippen LogP contribution in [0.25, 0.3) is 0 Å². The molecule has 8 nitrogen and oxygen atoms in total. The summed E-state index contributed by atoms with van der Waals surface area (Å²) in [5, 5.41) is 4.89. The van der Waals surface area contributed by atoms with Gasteiger partial charge in [0.1, 0.15) is 5.75 Å². The molecule has 1 aromatic heterocycles. The summed E-state index contributed by atoms with van der Waals surface area (Å²) in [6, 6.07) is 8.33. The molecule has 2 aliphatic heterocycles. The molecule has 1 aromatic carbocycles. The fourth-order valence-corrected chi connectivity index (χ4v) is 4.37. The van der Waals surface area contributed by atoms with Gasteiger partial charge in [0.05, 0.1) is 46.5 Å². The Kier molecular flexibility index (Phi) is 6.37. The molecular formula is C20H31N6O2S+. The van der Waals surface area contributed by atoms with Crippen molar-refractivity contribution in [1.82, 2.24) is 14.3 Å². The van der Waals surface area contributed by atoms with E-state index in [9.17, 15) is 0 Å². The lowest BCUT2D eigenvalue weighted by atomic mass is 10.2. The number of benzene rings is 1. The molecule has 0 unspecified atom stereocenters. The maximum atomic E-state index is 5.74. The standard InChI is InChI=1S/C20H30N6O2S/c1-3-25-19(24-12-14-28-15-13-24)21-26(20(25)29)16-22-8-10-23(11-9-22)17-4-6-18(27-2)7-5-17/h4-7H,3,8-16H2,1-2H3/p+1. The van der Waals surface area contributed by atoms with E-state index in [-0.39, 0.29) is 0 Å². The van der Waals surface area contributed by atoms with Crippen molar-refractivity contribution in [2.45, 2.75) is 20.1 Å². The number of quaternary nitrogens is 1. The summed E-state index contributed by atoms with van der Waals surface area (Å²) in [6.07, 6.45) is 0. The van der Waals surface area contributed by atoms with Gasteiger partial charge in [-0.2, -0.15) is 4.68 Å². The van der Waals surface area contributed by atoms with Crippen LogP contribution in [0.1, 0.15) is 6.92 Å². The van der Waals surface area contributed by atoms with Crippen molar-refractivity contribution in [1.29, 1.82) is 0 Å². The monoisotopic (exact) mass is 419 g/mol. The Morgan fingerprint density at radius 2 is 1.76 bits per heavy atom. The predicted octanol–water partition coefficient (Wildman–Crippen LogP) is 0.642. The van der Waals surface area contributed by atoms with Crippen molar-refractivity contribution >= 4 is 23.9 Å². The van der Waals surface area contributed by atoms with Crippen LogP contribution in [0.3, 0.4) is 0 Å². The molecule has 2 aliphatic rings. The van der Waals surface area contributed by atoms with Gasteiger partial charge in [-0.05, 0) is 43.4 Å². The van der Waals surface area contributed by atoms with Gasteiger partial charge >= 0.3 is 0 Å². The van der Waals surface area contributed by atoms with E-state index in [2.05, 4.69) is 33.4 Å². The minimum atomic E-state index is 0.752. The number of hydrogen-bond donors (Lipinski definition) is 1. The van der Waals surface area contributed by atoms with Gasteiger partial charge in [0, 0.05) is 25.3 Å². The topological polar surface area (TPSA) is 52.1 Å². The first-order chi connectivity index (χ1) is 14.2. The van der Waals surface area contributed by atoms with Crippen molar-refractivity contribution < 1.29 is 14.4 Å². The second-order valence-electron chi connectivity index (χ2n) is 7.52. The van der Waals surface area contributed by atoms with Gasteiger partial charge in [-0.25, -0.2) is 0 Å². The average Bonchev–Trinajstić information content (AvgIpc) is 3.10. The van der Waals surface area contributed by atoms with Gasteiger partial charge in [-0.15, -0.1) is 5.10 Å². The summed E-state index contributed by atoms with van der Waals surface area (Å²) in [7, 11) is 1.70. The quantitative estimate of drug-likeness (QED) is 0.694. The number of rotatable bonds is 6. The van der Waals surface area contributed by atoms with E-state index in [0.717, 1.165) is 82.2 Å². The molecule has 2 saturated heterocycles. The highest BCUT2D eigenvalue weighted by Gasteiger charge is 2.24. The van der Waals surface area contributed by atoms with Crippen LogP contribution in [0.2, 0.25) is 0 Å². The molecule has 2 aromatic rings. The van der Waals surface area contributed by atoms with E-state index >= 15 is 0 Å². The minimum absolute atomic E-state index is 0.752. The van der Waals surface area contributed by atoms with Crippen LogP contribution in [0.15, 0.2) is 24.3 Å². The van der Waals surface area contributed by atoms with E-state index in [0.29, 0.717) is 0 Å². The van der Waals surface area contributed by atoms with Gasteiger partial charge < -0.3 is 24.2 Å². The molecule has 0 aliphatic carbocycles. The maximum absolute atomic E-state index is 5.74. The van der Waals surface area contributed by atoms with Crippen molar-refractivity contribution in [3.05, 3.63) is 29.0 Å². The highest BCUT2D eigenvalue weighted by Crippen LogP contribution is 2.19. The molecule has 0 atom stereocenters. The lowest BCUT2D eigenvalue weighted by molar-refractivity contribution is -0.924. The van der Waals surface area contributed by atoms with Crippen molar-refractivity contribution in [2.24, 2.45) is 0 Å². The zero-order valence-corrected chi connectivity index (χ0v) is 18.2. The molecule has 2 fully saturated rings. The molecule has 0 saturated carbocycles. The van der Waals surface area contributed by atoms with Crippen LogP contribution >= 0.6 is 12.2 Å². The molecule has 0 amide bonds. The minimum Gasteiger partial charge on any atom is -0.497 e. The van der Waals surface area contributed by atoms with E-state index < -0.39 is 0 Å². The zero-order chi connectivity index (χ0) is 20.2. The highest BCUT2D eigenvalue weighted by atomic mass is 32.1. The Hall–Kier alpha value is -2.10. The molecule has 1 N–H and O–H groups in total. The first-order valence-electron chi connectivity index (χ1n) is 10.4. The third-order valence-electron chi connectivity index (χ3n) is 5.79. The number of ether oxygens (including phenoxy) is 2. The van der Waals surface area contributed by atoms with E-state index in [1.807, 2.05) is 16.8 Å². The van der Waals surface area contributed by atoms with Crippen LogP contribution in [0.4, 0.5) is 11.6 Å². The number of methoxy groups -OCH3 is 1. The number of anilines is 2. The van der Waals surface area contributed by atoms with Gasteiger partial charge in [-0.1, -0.05) is 0 Å². The molecule has 0 radical (unpaired) electrons.